The second-order valence-electron chi connectivity index (χ2n) is 5.96. The number of carbonyl (C=O) groups is 1. The Morgan fingerprint density at radius 3 is 2.67 bits per heavy atom. The van der Waals surface area contributed by atoms with Crippen molar-refractivity contribution in [3.05, 3.63) is 35.9 Å². The molecule has 2 rings (SSSR count). The van der Waals surface area contributed by atoms with Crippen molar-refractivity contribution in [3.63, 3.8) is 0 Å². The topological polar surface area (TPSA) is 41.6 Å². The Morgan fingerprint density at radius 1 is 1.38 bits per heavy atom. The molecule has 4 heteroatoms. The highest BCUT2D eigenvalue weighted by Gasteiger charge is 2.38. The minimum atomic E-state index is -0.0480. The maximum atomic E-state index is 12.7. The fraction of sp³-hybridized carbons (Fsp3) is 0.588. The molecule has 0 radical (unpaired) electrons. The van der Waals surface area contributed by atoms with E-state index in [0.29, 0.717) is 13.2 Å². The van der Waals surface area contributed by atoms with Crippen molar-refractivity contribution in [2.24, 2.45) is 5.92 Å². The first-order chi connectivity index (χ1) is 10.1. The van der Waals surface area contributed by atoms with Gasteiger partial charge in [0.1, 0.15) is 6.10 Å². The molecule has 1 fully saturated rings. The van der Waals surface area contributed by atoms with Crippen LogP contribution in [-0.4, -0.2) is 43.1 Å². The van der Waals surface area contributed by atoms with Gasteiger partial charge in [0, 0.05) is 12.5 Å². The van der Waals surface area contributed by atoms with Gasteiger partial charge in [-0.2, -0.15) is 0 Å². The molecular formula is C17H26N2O2. The minimum absolute atomic E-state index is 0.0191. The number of hydrogen-bond acceptors (Lipinski definition) is 3. The Kier molecular flexibility index (Phi) is 5.37. The van der Waals surface area contributed by atoms with E-state index in [4.69, 9.17) is 4.74 Å². The predicted octanol–water partition coefficient (Wildman–Crippen LogP) is 2.22. The lowest BCUT2D eigenvalue weighted by molar-refractivity contribution is -0.156. The third kappa shape index (κ3) is 3.44. The number of nitrogens with one attached hydrogen (secondary N) is 1. The number of benzene rings is 1. The molecule has 4 unspecified atom stereocenters. The van der Waals surface area contributed by atoms with E-state index in [2.05, 4.69) is 31.3 Å². The molecule has 0 spiro atoms. The largest absolute Gasteiger partial charge is 0.369 e. The van der Waals surface area contributed by atoms with E-state index in [1.54, 1.807) is 0 Å². The van der Waals surface area contributed by atoms with Crippen LogP contribution in [0, 0.1) is 5.92 Å². The fourth-order valence-corrected chi connectivity index (χ4v) is 3.09. The number of ether oxygens (including phenoxy) is 1. The molecular weight excluding hydrogens is 264 g/mol. The zero-order valence-electron chi connectivity index (χ0n) is 13.4. The van der Waals surface area contributed by atoms with Crippen LogP contribution in [0.1, 0.15) is 32.4 Å². The molecule has 1 aliphatic heterocycles. The molecule has 1 amide bonds. The second-order valence-corrected chi connectivity index (χ2v) is 5.96. The van der Waals surface area contributed by atoms with Gasteiger partial charge in [0.15, 0.2) is 0 Å². The lowest BCUT2D eigenvalue weighted by Crippen LogP contribution is -2.55. The van der Waals surface area contributed by atoms with Crippen molar-refractivity contribution in [3.8, 4) is 0 Å². The van der Waals surface area contributed by atoms with Crippen LogP contribution in [0.4, 0.5) is 0 Å². The molecule has 0 aliphatic carbocycles. The van der Waals surface area contributed by atoms with Gasteiger partial charge in [0.05, 0.1) is 18.7 Å². The van der Waals surface area contributed by atoms with Gasteiger partial charge in [-0.05, 0) is 26.5 Å². The molecule has 1 aromatic rings. The van der Waals surface area contributed by atoms with Gasteiger partial charge in [-0.15, -0.1) is 0 Å². The van der Waals surface area contributed by atoms with E-state index >= 15 is 0 Å². The summed E-state index contributed by atoms with van der Waals surface area (Å²) in [5, 5.41) is 3.08. The number of carbonyl (C=O) groups excluding carboxylic acids is 1. The van der Waals surface area contributed by atoms with E-state index in [1.807, 2.05) is 37.1 Å². The van der Waals surface area contributed by atoms with Crippen LogP contribution in [0.25, 0.3) is 0 Å². The van der Waals surface area contributed by atoms with Crippen LogP contribution in [-0.2, 0) is 9.53 Å². The van der Waals surface area contributed by atoms with Crippen molar-refractivity contribution < 1.29 is 9.53 Å². The number of amides is 1. The Hall–Kier alpha value is -1.39. The van der Waals surface area contributed by atoms with Crippen molar-refractivity contribution in [1.29, 1.82) is 0 Å². The third-order valence-corrected chi connectivity index (χ3v) is 4.18. The van der Waals surface area contributed by atoms with Crippen LogP contribution >= 0.6 is 0 Å². The molecule has 4 nitrogen and oxygen atoms in total. The van der Waals surface area contributed by atoms with Crippen molar-refractivity contribution in [2.45, 2.75) is 39.0 Å². The highest BCUT2D eigenvalue weighted by atomic mass is 16.5. The zero-order chi connectivity index (χ0) is 15.4. The van der Waals surface area contributed by atoms with E-state index < -0.39 is 0 Å². The molecule has 1 aliphatic rings. The first-order valence-electron chi connectivity index (χ1n) is 7.69. The number of hydrogen-bond donors (Lipinski definition) is 1. The van der Waals surface area contributed by atoms with E-state index in [-0.39, 0.29) is 30.0 Å². The van der Waals surface area contributed by atoms with Gasteiger partial charge < -0.3 is 15.0 Å². The van der Waals surface area contributed by atoms with E-state index in [1.165, 1.54) is 0 Å². The molecule has 0 aromatic heterocycles. The average molecular weight is 290 g/mol. The normalized spacial score (nSPS) is 27.4. The number of morpholine rings is 1. The highest BCUT2D eigenvalue weighted by molar-refractivity contribution is 5.79. The maximum absolute atomic E-state index is 12.7. The third-order valence-electron chi connectivity index (χ3n) is 4.18. The summed E-state index contributed by atoms with van der Waals surface area (Å²) >= 11 is 0. The van der Waals surface area contributed by atoms with Gasteiger partial charge >= 0.3 is 0 Å². The number of nitrogens with zero attached hydrogens (tertiary/aromatic N) is 1. The molecule has 1 heterocycles. The summed E-state index contributed by atoms with van der Waals surface area (Å²) in [5.41, 5.74) is 1.14. The SMILES string of the molecule is CNCC(C)C(=O)N1C(C)COC(c2ccccc2)C1C. The van der Waals surface area contributed by atoms with Crippen LogP contribution in [0.5, 0.6) is 0 Å². The average Bonchev–Trinajstić information content (AvgIpc) is 2.48. The molecule has 0 bridgehead atoms. The Labute approximate surface area is 127 Å². The maximum Gasteiger partial charge on any atom is 0.227 e. The predicted molar refractivity (Wildman–Crippen MR) is 84.0 cm³/mol. The van der Waals surface area contributed by atoms with Crippen LogP contribution in [0.2, 0.25) is 0 Å². The summed E-state index contributed by atoms with van der Waals surface area (Å²) in [4.78, 5) is 14.7. The van der Waals surface area contributed by atoms with Gasteiger partial charge in [0.2, 0.25) is 5.91 Å². The number of rotatable bonds is 4. The van der Waals surface area contributed by atoms with Crippen molar-refractivity contribution in [2.75, 3.05) is 20.2 Å². The quantitative estimate of drug-likeness (QED) is 0.924. The minimum Gasteiger partial charge on any atom is -0.369 e. The monoisotopic (exact) mass is 290 g/mol. The van der Waals surface area contributed by atoms with Crippen LogP contribution < -0.4 is 5.32 Å². The summed E-state index contributed by atoms with van der Waals surface area (Å²) in [5.74, 6) is 0.183. The van der Waals surface area contributed by atoms with Gasteiger partial charge in [-0.3, -0.25) is 4.79 Å². The van der Waals surface area contributed by atoms with Gasteiger partial charge in [-0.1, -0.05) is 37.3 Å². The lowest BCUT2D eigenvalue weighted by Gasteiger charge is -2.44. The Balaban J connectivity index is 2.18. The van der Waals surface area contributed by atoms with Crippen LogP contribution in [0.15, 0.2) is 30.3 Å². The molecule has 4 atom stereocenters. The highest BCUT2D eigenvalue weighted by Crippen LogP contribution is 2.31. The molecule has 0 saturated carbocycles. The van der Waals surface area contributed by atoms with Gasteiger partial charge in [0.25, 0.3) is 0 Å². The zero-order valence-corrected chi connectivity index (χ0v) is 13.4. The molecule has 1 N–H and O–H groups in total. The Morgan fingerprint density at radius 2 is 2.05 bits per heavy atom. The molecule has 1 saturated heterocycles. The molecule has 116 valence electrons. The first kappa shape index (κ1) is 16.0. The van der Waals surface area contributed by atoms with Crippen molar-refractivity contribution >= 4 is 5.91 Å². The summed E-state index contributed by atoms with van der Waals surface area (Å²) in [6.07, 6.45) is -0.0480. The second kappa shape index (κ2) is 7.05. The van der Waals surface area contributed by atoms with Crippen LogP contribution in [0.3, 0.4) is 0 Å². The summed E-state index contributed by atoms with van der Waals surface area (Å²) in [6.45, 7) is 7.40. The summed E-state index contributed by atoms with van der Waals surface area (Å²) < 4.78 is 6.00. The summed E-state index contributed by atoms with van der Waals surface area (Å²) in [7, 11) is 1.88. The van der Waals surface area contributed by atoms with Crippen molar-refractivity contribution in [1.82, 2.24) is 10.2 Å². The summed E-state index contributed by atoms with van der Waals surface area (Å²) in [6, 6.07) is 10.3. The lowest BCUT2D eigenvalue weighted by atomic mass is 9.97. The van der Waals surface area contributed by atoms with Gasteiger partial charge in [-0.25, -0.2) is 0 Å². The fourth-order valence-electron chi connectivity index (χ4n) is 3.09. The Bertz CT molecular complexity index is 463. The van der Waals surface area contributed by atoms with E-state index in [9.17, 15) is 4.79 Å². The molecule has 21 heavy (non-hydrogen) atoms. The molecule has 1 aromatic carbocycles. The standard InChI is InChI=1S/C17H26N2O2/c1-12(10-18-4)17(20)19-13(2)11-21-16(14(19)3)15-8-6-5-7-9-15/h5-9,12-14,16,18H,10-11H2,1-4H3. The van der Waals surface area contributed by atoms with E-state index in [0.717, 1.165) is 5.56 Å². The first-order valence-corrected chi connectivity index (χ1v) is 7.69. The smallest absolute Gasteiger partial charge is 0.227 e.